The molecule has 0 bridgehead atoms. The standard InChI is InChI=1S/C6H8N2OS/c1-4(5(7)9)6-8-2-3-10-6/h2-4H,1H3,(H2,7,9). The number of carbonyl (C=O) groups excluding carboxylic acids is 1. The molecule has 0 radical (unpaired) electrons. The lowest BCUT2D eigenvalue weighted by Crippen LogP contribution is -2.18. The number of aromatic nitrogens is 1. The van der Waals surface area contributed by atoms with Crippen LogP contribution in [-0.2, 0) is 4.79 Å². The van der Waals surface area contributed by atoms with E-state index in [0.717, 1.165) is 5.01 Å². The maximum absolute atomic E-state index is 10.6. The van der Waals surface area contributed by atoms with E-state index in [9.17, 15) is 4.79 Å². The minimum absolute atomic E-state index is 0.250. The second-order valence-corrected chi connectivity index (χ2v) is 2.92. The molecule has 3 nitrogen and oxygen atoms in total. The number of hydrogen-bond donors (Lipinski definition) is 1. The second-order valence-electron chi connectivity index (χ2n) is 1.99. The molecule has 54 valence electrons. The van der Waals surface area contributed by atoms with E-state index in [1.165, 1.54) is 11.3 Å². The fraction of sp³-hybridized carbons (Fsp3) is 0.333. The summed E-state index contributed by atoms with van der Waals surface area (Å²) >= 11 is 1.45. The fourth-order valence-electron chi connectivity index (χ4n) is 0.570. The molecule has 2 N–H and O–H groups in total. The number of rotatable bonds is 2. The summed E-state index contributed by atoms with van der Waals surface area (Å²) in [4.78, 5) is 14.5. The molecule has 0 fully saturated rings. The van der Waals surface area contributed by atoms with Crippen LogP contribution in [-0.4, -0.2) is 10.9 Å². The zero-order valence-corrected chi connectivity index (χ0v) is 6.39. The Balaban J connectivity index is 2.77. The highest BCUT2D eigenvalue weighted by Gasteiger charge is 2.12. The first-order valence-electron chi connectivity index (χ1n) is 2.90. The average molecular weight is 156 g/mol. The molecule has 0 aliphatic carbocycles. The molecule has 1 atom stereocenters. The van der Waals surface area contributed by atoms with E-state index < -0.39 is 0 Å². The van der Waals surface area contributed by atoms with Gasteiger partial charge in [-0.2, -0.15) is 0 Å². The van der Waals surface area contributed by atoms with Crippen molar-refractivity contribution in [2.75, 3.05) is 0 Å². The van der Waals surface area contributed by atoms with E-state index in [1.807, 2.05) is 5.38 Å². The van der Waals surface area contributed by atoms with Crippen molar-refractivity contribution < 1.29 is 4.79 Å². The van der Waals surface area contributed by atoms with Crippen LogP contribution in [0.2, 0.25) is 0 Å². The van der Waals surface area contributed by atoms with Gasteiger partial charge in [-0.25, -0.2) is 4.98 Å². The molecule has 0 saturated carbocycles. The predicted molar refractivity (Wildman–Crippen MR) is 39.7 cm³/mol. The van der Waals surface area contributed by atoms with Crippen molar-refractivity contribution in [2.24, 2.45) is 5.73 Å². The van der Waals surface area contributed by atoms with Gasteiger partial charge in [0.2, 0.25) is 5.91 Å². The topological polar surface area (TPSA) is 56.0 Å². The Hall–Kier alpha value is -0.900. The number of primary amides is 1. The van der Waals surface area contributed by atoms with Crippen molar-refractivity contribution >= 4 is 17.2 Å². The summed E-state index contributed by atoms with van der Waals surface area (Å²) in [5.41, 5.74) is 5.05. The van der Waals surface area contributed by atoms with Crippen LogP contribution in [0.4, 0.5) is 0 Å². The largest absolute Gasteiger partial charge is 0.369 e. The van der Waals surface area contributed by atoms with Crippen molar-refractivity contribution in [1.29, 1.82) is 0 Å². The molecule has 0 saturated heterocycles. The van der Waals surface area contributed by atoms with Crippen LogP contribution >= 0.6 is 11.3 Å². The van der Waals surface area contributed by atoms with Gasteiger partial charge in [-0.05, 0) is 6.92 Å². The van der Waals surface area contributed by atoms with Crippen LogP contribution < -0.4 is 5.73 Å². The van der Waals surface area contributed by atoms with Crippen LogP contribution in [0.15, 0.2) is 11.6 Å². The Morgan fingerprint density at radius 3 is 3.00 bits per heavy atom. The Morgan fingerprint density at radius 2 is 2.60 bits per heavy atom. The van der Waals surface area contributed by atoms with Gasteiger partial charge in [-0.15, -0.1) is 11.3 Å². The molecule has 0 aromatic carbocycles. The lowest BCUT2D eigenvalue weighted by Gasteiger charge is -1.99. The van der Waals surface area contributed by atoms with Crippen LogP contribution in [0.5, 0.6) is 0 Å². The minimum Gasteiger partial charge on any atom is -0.369 e. The lowest BCUT2D eigenvalue weighted by atomic mass is 10.2. The van der Waals surface area contributed by atoms with Crippen LogP contribution in [0.1, 0.15) is 17.8 Å². The first kappa shape index (κ1) is 7.21. The summed E-state index contributed by atoms with van der Waals surface area (Å²) in [7, 11) is 0. The molecule has 1 unspecified atom stereocenters. The van der Waals surface area contributed by atoms with E-state index in [4.69, 9.17) is 5.73 Å². The summed E-state index contributed by atoms with van der Waals surface area (Å²) in [5.74, 6) is -0.574. The molecule has 10 heavy (non-hydrogen) atoms. The molecule has 1 aromatic rings. The molecule has 4 heteroatoms. The molecule has 1 rings (SSSR count). The fourth-order valence-corrected chi connectivity index (χ4v) is 1.27. The van der Waals surface area contributed by atoms with Gasteiger partial charge in [-0.1, -0.05) is 0 Å². The van der Waals surface area contributed by atoms with E-state index >= 15 is 0 Å². The van der Waals surface area contributed by atoms with Gasteiger partial charge >= 0.3 is 0 Å². The number of amides is 1. The summed E-state index contributed by atoms with van der Waals surface area (Å²) in [6.45, 7) is 1.75. The summed E-state index contributed by atoms with van der Waals surface area (Å²) < 4.78 is 0. The van der Waals surface area contributed by atoms with E-state index in [-0.39, 0.29) is 11.8 Å². The lowest BCUT2D eigenvalue weighted by molar-refractivity contribution is -0.119. The molecular weight excluding hydrogens is 148 g/mol. The minimum atomic E-state index is -0.324. The van der Waals surface area contributed by atoms with Gasteiger partial charge in [0, 0.05) is 11.6 Å². The molecule has 1 aromatic heterocycles. The Bertz CT molecular complexity index is 220. The Morgan fingerprint density at radius 1 is 1.90 bits per heavy atom. The van der Waals surface area contributed by atoms with Gasteiger partial charge in [0.1, 0.15) is 5.01 Å². The first-order valence-corrected chi connectivity index (χ1v) is 3.78. The van der Waals surface area contributed by atoms with Crippen molar-refractivity contribution in [3.05, 3.63) is 16.6 Å². The zero-order chi connectivity index (χ0) is 7.56. The van der Waals surface area contributed by atoms with Gasteiger partial charge in [-0.3, -0.25) is 4.79 Å². The molecule has 0 aliphatic rings. The van der Waals surface area contributed by atoms with E-state index in [1.54, 1.807) is 13.1 Å². The van der Waals surface area contributed by atoms with Gasteiger partial charge in [0.15, 0.2) is 0 Å². The van der Waals surface area contributed by atoms with Gasteiger partial charge < -0.3 is 5.73 Å². The van der Waals surface area contributed by atoms with Crippen LogP contribution in [0.3, 0.4) is 0 Å². The molecule has 0 spiro atoms. The molecular formula is C6H8N2OS. The number of hydrogen-bond acceptors (Lipinski definition) is 3. The second kappa shape index (κ2) is 2.79. The van der Waals surface area contributed by atoms with Crippen molar-refractivity contribution in [3.8, 4) is 0 Å². The highest BCUT2D eigenvalue weighted by molar-refractivity contribution is 7.09. The summed E-state index contributed by atoms with van der Waals surface area (Å²) in [6, 6.07) is 0. The average Bonchev–Trinajstić information content (AvgIpc) is 2.36. The van der Waals surface area contributed by atoms with E-state index in [2.05, 4.69) is 4.98 Å². The van der Waals surface area contributed by atoms with Gasteiger partial charge in [0.05, 0.1) is 5.92 Å². The molecule has 0 aliphatic heterocycles. The maximum Gasteiger partial charge on any atom is 0.227 e. The number of nitrogens with zero attached hydrogens (tertiary/aromatic N) is 1. The Labute approximate surface area is 62.9 Å². The van der Waals surface area contributed by atoms with Crippen molar-refractivity contribution in [2.45, 2.75) is 12.8 Å². The van der Waals surface area contributed by atoms with Gasteiger partial charge in [0.25, 0.3) is 0 Å². The predicted octanol–water partition coefficient (Wildman–Crippen LogP) is 0.732. The zero-order valence-electron chi connectivity index (χ0n) is 5.57. The third kappa shape index (κ3) is 1.33. The molecule has 1 amide bonds. The smallest absolute Gasteiger partial charge is 0.227 e. The van der Waals surface area contributed by atoms with E-state index in [0.29, 0.717) is 0 Å². The number of thiazole rings is 1. The number of carbonyl (C=O) groups is 1. The summed E-state index contributed by atoms with van der Waals surface area (Å²) in [5, 5.41) is 2.61. The third-order valence-corrected chi connectivity index (χ3v) is 2.21. The van der Waals surface area contributed by atoms with Crippen LogP contribution in [0.25, 0.3) is 0 Å². The SMILES string of the molecule is CC(C(N)=O)c1nccs1. The quantitative estimate of drug-likeness (QED) is 0.686. The van der Waals surface area contributed by atoms with Crippen LogP contribution in [0, 0.1) is 0 Å². The maximum atomic E-state index is 10.6. The summed E-state index contributed by atoms with van der Waals surface area (Å²) in [6.07, 6.45) is 1.67. The highest BCUT2D eigenvalue weighted by atomic mass is 32.1. The van der Waals surface area contributed by atoms with Crippen molar-refractivity contribution in [3.63, 3.8) is 0 Å². The normalized spacial score (nSPS) is 12.9. The first-order chi connectivity index (χ1) is 4.72. The molecule has 1 heterocycles. The number of nitrogens with two attached hydrogens (primary N) is 1. The Kier molecular flexibility index (Phi) is 2.01. The monoisotopic (exact) mass is 156 g/mol. The van der Waals surface area contributed by atoms with Crippen molar-refractivity contribution in [1.82, 2.24) is 4.98 Å². The third-order valence-electron chi connectivity index (χ3n) is 1.25. The highest BCUT2D eigenvalue weighted by Crippen LogP contribution is 2.16.